The molecule has 16 heavy (non-hydrogen) atoms. The molecular formula is C7H15F3N2O3S. The van der Waals surface area contributed by atoms with Crippen molar-refractivity contribution in [2.45, 2.75) is 12.8 Å². The minimum absolute atomic E-state index is 0.0678. The lowest BCUT2D eigenvalue weighted by atomic mass is 10.4. The van der Waals surface area contributed by atoms with Crippen LogP contribution in [0.5, 0.6) is 0 Å². The molecule has 0 aliphatic heterocycles. The third-order valence-corrected chi connectivity index (χ3v) is 2.17. The van der Waals surface area contributed by atoms with E-state index in [1.54, 1.807) is 0 Å². The van der Waals surface area contributed by atoms with E-state index in [1.165, 1.54) is 0 Å². The minimum atomic E-state index is -4.60. The van der Waals surface area contributed by atoms with Crippen LogP contribution in [0, 0.1) is 0 Å². The molecule has 5 nitrogen and oxygen atoms in total. The highest BCUT2D eigenvalue weighted by molar-refractivity contribution is 7.88. The van der Waals surface area contributed by atoms with Gasteiger partial charge in [0.25, 0.3) is 0 Å². The van der Waals surface area contributed by atoms with E-state index in [4.69, 9.17) is 0 Å². The van der Waals surface area contributed by atoms with Crippen LogP contribution in [-0.2, 0) is 14.8 Å². The average molecular weight is 264 g/mol. The molecule has 0 saturated carbocycles. The molecule has 0 amide bonds. The Morgan fingerprint density at radius 2 is 1.81 bits per heavy atom. The van der Waals surface area contributed by atoms with Crippen LogP contribution in [0.2, 0.25) is 0 Å². The number of hydrogen-bond acceptors (Lipinski definition) is 4. The molecule has 0 heterocycles. The zero-order valence-electron chi connectivity index (χ0n) is 8.80. The van der Waals surface area contributed by atoms with Crippen molar-refractivity contribution < 1.29 is 26.3 Å². The van der Waals surface area contributed by atoms with Crippen LogP contribution in [0.4, 0.5) is 13.2 Å². The van der Waals surface area contributed by atoms with Crippen molar-refractivity contribution in [1.82, 2.24) is 10.0 Å². The van der Waals surface area contributed by atoms with Gasteiger partial charge in [-0.2, -0.15) is 0 Å². The normalized spacial score (nSPS) is 13.0. The van der Waals surface area contributed by atoms with Gasteiger partial charge >= 0.3 is 6.36 Å². The first-order chi connectivity index (χ1) is 7.21. The van der Waals surface area contributed by atoms with E-state index >= 15 is 0 Å². The lowest BCUT2D eigenvalue weighted by Gasteiger charge is -2.08. The first-order valence-corrected chi connectivity index (χ1v) is 6.46. The molecular weight excluding hydrogens is 249 g/mol. The second-order valence-electron chi connectivity index (χ2n) is 3.06. The van der Waals surface area contributed by atoms with E-state index in [-0.39, 0.29) is 13.1 Å². The Kier molecular flexibility index (Phi) is 6.88. The molecule has 0 aromatic heterocycles. The fourth-order valence-corrected chi connectivity index (χ4v) is 1.35. The Labute approximate surface area is 92.4 Å². The minimum Gasteiger partial charge on any atom is -0.314 e. The monoisotopic (exact) mass is 264 g/mol. The summed E-state index contributed by atoms with van der Waals surface area (Å²) in [5.41, 5.74) is 0. The second kappa shape index (κ2) is 7.05. The highest BCUT2D eigenvalue weighted by Crippen LogP contribution is 2.14. The van der Waals surface area contributed by atoms with E-state index in [9.17, 15) is 21.6 Å². The number of nitrogens with one attached hydrogen (secondary N) is 2. The van der Waals surface area contributed by atoms with Crippen LogP contribution in [0.1, 0.15) is 6.42 Å². The van der Waals surface area contributed by atoms with E-state index in [0.29, 0.717) is 13.0 Å². The highest BCUT2D eigenvalue weighted by Gasteiger charge is 2.28. The molecule has 0 aliphatic carbocycles. The van der Waals surface area contributed by atoms with Crippen LogP contribution in [0.3, 0.4) is 0 Å². The van der Waals surface area contributed by atoms with Crippen molar-refractivity contribution in [1.29, 1.82) is 0 Å². The third kappa shape index (κ3) is 13.6. The second-order valence-corrected chi connectivity index (χ2v) is 4.90. The number of alkyl halides is 3. The first-order valence-electron chi connectivity index (χ1n) is 4.57. The van der Waals surface area contributed by atoms with Crippen LogP contribution >= 0.6 is 0 Å². The summed E-state index contributed by atoms with van der Waals surface area (Å²) in [6.45, 7) is 0.289. The quantitative estimate of drug-likeness (QED) is 0.608. The van der Waals surface area contributed by atoms with E-state index in [0.717, 1.165) is 6.26 Å². The van der Waals surface area contributed by atoms with Crippen molar-refractivity contribution in [3.8, 4) is 0 Å². The molecule has 0 aromatic rings. The van der Waals surface area contributed by atoms with Gasteiger partial charge in [-0.1, -0.05) is 0 Å². The maximum atomic E-state index is 11.5. The average Bonchev–Trinajstić information content (AvgIpc) is 2.06. The zero-order chi connectivity index (χ0) is 12.7. The van der Waals surface area contributed by atoms with Gasteiger partial charge in [-0.05, 0) is 13.0 Å². The summed E-state index contributed by atoms with van der Waals surface area (Å²) in [6, 6.07) is 0. The van der Waals surface area contributed by atoms with Gasteiger partial charge in [0.1, 0.15) is 0 Å². The summed E-state index contributed by atoms with van der Waals surface area (Å²) in [4.78, 5) is 0. The van der Waals surface area contributed by atoms with Crippen molar-refractivity contribution in [3.05, 3.63) is 0 Å². The molecule has 0 unspecified atom stereocenters. The summed E-state index contributed by atoms with van der Waals surface area (Å²) in [6.07, 6.45) is -3.06. The van der Waals surface area contributed by atoms with Crippen LogP contribution in [0.25, 0.3) is 0 Å². The third-order valence-electron chi connectivity index (χ3n) is 1.44. The molecule has 9 heteroatoms. The van der Waals surface area contributed by atoms with Gasteiger partial charge < -0.3 is 5.32 Å². The van der Waals surface area contributed by atoms with Crippen LogP contribution in [0.15, 0.2) is 0 Å². The smallest absolute Gasteiger partial charge is 0.314 e. The fraction of sp³-hybridized carbons (Fsp3) is 1.00. The molecule has 0 bridgehead atoms. The summed E-state index contributed by atoms with van der Waals surface area (Å²) >= 11 is 0. The molecule has 0 aliphatic rings. The molecule has 0 saturated heterocycles. The molecule has 98 valence electrons. The summed E-state index contributed by atoms with van der Waals surface area (Å²) in [7, 11) is -3.19. The Bertz CT molecular complexity index is 279. The molecule has 0 rings (SSSR count). The van der Waals surface area contributed by atoms with Crippen molar-refractivity contribution in [2.75, 3.05) is 32.5 Å². The SMILES string of the molecule is CS(=O)(=O)NCCCNCCOC(F)(F)F. The van der Waals surface area contributed by atoms with E-state index in [1.807, 2.05) is 0 Å². The standard InChI is InChI=1S/C7H15F3N2O3S/c1-16(13,14)12-4-2-3-11-5-6-15-7(8,9)10/h11-12H,2-6H2,1H3. The molecule has 0 radical (unpaired) electrons. The van der Waals surface area contributed by atoms with Gasteiger partial charge in [0.05, 0.1) is 12.9 Å². The largest absolute Gasteiger partial charge is 0.522 e. The number of hydrogen-bond donors (Lipinski definition) is 2. The van der Waals surface area contributed by atoms with Crippen LogP contribution < -0.4 is 10.0 Å². The number of ether oxygens (including phenoxy) is 1. The maximum Gasteiger partial charge on any atom is 0.522 e. The number of halogens is 3. The predicted molar refractivity (Wildman–Crippen MR) is 52.3 cm³/mol. The van der Waals surface area contributed by atoms with Gasteiger partial charge in [-0.15, -0.1) is 13.2 Å². The van der Waals surface area contributed by atoms with Gasteiger partial charge in [-0.3, -0.25) is 4.74 Å². The maximum absolute atomic E-state index is 11.5. The van der Waals surface area contributed by atoms with Gasteiger partial charge in [-0.25, -0.2) is 13.1 Å². The van der Waals surface area contributed by atoms with Crippen molar-refractivity contribution in [2.24, 2.45) is 0 Å². The molecule has 2 N–H and O–H groups in total. The van der Waals surface area contributed by atoms with E-state index < -0.39 is 23.0 Å². The number of rotatable bonds is 8. The van der Waals surface area contributed by atoms with Gasteiger partial charge in [0.2, 0.25) is 10.0 Å². The Morgan fingerprint density at radius 3 is 2.31 bits per heavy atom. The molecule has 0 spiro atoms. The molecule has 0 aromatic carbocycles. The van der Waals surface area contributed by atoms with Gasteiger partial charge in [0.15, 0.2) is 0 Å². The Morgan fingerprint density at radius 1 is 1.19 bits per heavy atom. The van der Waals surface area contributed by atoms with E-state index in [2.05, 4.69) is 14.8 Å². The van der Waals surface area contributed by atoms with Gasteiger partial charge in [0, 0.05) is 13.1 Å². The van der Waals surface area contributed by atoms with Crippen molar-refractivity contribution >= 4 is 10.0 Å². The Balaban J connectivity index is 3.23. The zero-order valence-corrected chi connectivity index (χ0v) is 9.62. The fourth-order valence-electron chi connectivity index (χ4n) is 0.835. The molecule has 0 fully saturated rings. The lowest BCUT2D eigenvalue weighted by molar-refractivity contribution is -0.323. The summed E-state index contributed by atoms with van der Waals surface area (Å²) in [5.74, 6) is 0. The number of sulfonamides is 1. The summed E-state index contributed by atoms with van der Waals surface area (Å²) in [5, 5.41) is 2.68. The Hall–Kier alpha value is -0.380. The first kappa shape index (κ1) is 15.6. The highest BCUT2D eigenvalue weighted by atomic mass is 32.2. The lowest BCUT2D eigenvalue weighted by Crippen LogP contribution is -2.28. The topological polar surface area (TPSA) is 67.4 Å². The molecule has 0 atom stereocenters. The van der Waals surface area contributed by atoms with Crippen molar-refractivity contribution in [3.63, 3.8) is 0 Å². The summed E-state index contributed by atoms with van der Waals surface area (Å²) < 4.78 is 61.4. The van der Waals surface area contributed by atoms with Crippen LogP contribution in [-0.4, -0.2) is 47.3 Å². The predicted octanol–water partition coefficient (Wildman–Crippen LogP) is 0.0517.